The maximum atomic E-state index is 8.01. The lowest BCUT2D eigenvalue weighted by Crippen LogP contribution is -2.32. The molecule has 1 atom stereocenters. The predicted octanol–water partition coefficient (Wildman–Crippen LogP) is 10.8. The van der Waals surface area contributed by atoms with Gasteiger partial charge in [0.15, 0.2) is 0 Å². The van der Waals surface area contributed by atoms with Gasteiger partial charge in [0.1, 0.15) is 23.9 Å². The minimum Gasteiger partial charge on any atom is -0.475 e. The van der Waals surface area contributed by atoms with Crippen LogP contribution in [0.15, 0.2) is 71.9 Å². The van der Waals surface area contributed by atoms with E-state index in [9.17, 15) is 0 Å². The van der Waals surface area contributed by atoms with Crippen LogP contribution in [-0.4, -0.2) is 23.0 Å². The number of pyridine rings is 1. The van der Waals surface area contributed by atoms with Crippen LogP contribution < -0.4 is 9.64 Å². The van der Waals surface area contributed by atoms with Crippen LogP contribution in [0.4, 0.5) is 17.2 Å². The highest BCUT2D eigenvalue weighted by atomic mass is 16.5. The molecule has 0 bridgehead atoms. The highest BCUT2D eigenvalue weighted by molar-refractivity contribution is 5.96. The Labute approximate surface area is 279 Å². The normalized spacial score (nSPS) is 20.1. The Morgan fingerprint density at radius 3 is 2.20 bits per heavy atom. The molecular weight excluding hydrogens is 566 g/mol. The fourth-order valence-electron chi connectivity index (χ4n) is 6.33. The zero-order valence-electron chi connectivity index (χ0n) is 32.2. The molecule has 0 radical (unpaired) electrons. The number of rotatable bonds is 4. The third-order valence-corrected chi connectivity index (χ3v) is 9.05. The van der Waals surface area contributed by atoms with Gasteiger partial charge in [-0.1, -0.05) is 67.5 Å². The van der Waals surface area contributed by atoms with Crippen LogP contribution in [0.5, 0.6) is 11.5 Å². The Balaban J connectivity index is 1.47. The lowest BCUT2D eigenvalue weighted by molar-refractivity contribution is 0.279. The summed E-state index contributed by atoms with van der Waals surface area (Å²) in [6.07, 6.45) is 1.94. The molecule has 2 aliphatic rings. The van der Waals surface area contributed by atoms with Gasteiger partial charge in [0, 0.05) is 32.9 Å². The standard InChI is InChI=1S/C41H49N3O2/c1-25-15-30(22-31(16-25)46-32-19-27(18-29(20-32)39(6,7)8)37-43-40(9,10)24-45-37)44-35-14-13-28(38(3,4)5)21-33(35)41(11,12)34-17-26(2)23-42-36(34)44/h13-23H,24H2,1-12H3/i9D3/t40-/m0/s1. The number of fused-ring (bicyclic) bond motifs is 2. The molecule has 3 heterocycles. The summed E-state index contributed by atoms with van der Waals surface area (Å²) in [6, 6.07) is 21.3. The molecule has 5 nitrogen and oxygen atoms in total. The summed E-state index contributed by atoms with van der Waals surface area (Å²) in [6.45, 7) is 21.3. The first-order valence-electron chi connectivity index (χ1n) is 17.7. The average Bonchev–Trinajstić information content (AvgIpc) is 3.40. The van der Waals surface area contributed by atoms with Crippen LogP contribution in [0, 0.1) is 13.8 Å². The van der Waals surface area contributed by atoms with Gasteiger partial charge in [-0.05, 0) is 109 Å². The van der Waals surface area contributed by atoms with Crippen molar-refractivity contribution in [1.29, 1.82) is 0 Å². The number of aromatic nitrogens is 1. The van der Waals surface area contributed by atoms with Gasteiger partial charge in [-0.15, -0.1) is 0 Å². The summed E-state index contributed by atoms with van der Waals surface area (Å²) < 4.78 is 36.6. The van der Waals surface area contributed by atoms with Crippen LogP contribution in [0.1, 0.15) is 112 Å². The minimum absolute atomic E-state index is 0.00357. The molecule has 4 aromatic rings. The number of benzene rings is 3. The number of nitrogens with zero attached hydrogens (tertiary/aromatic N) is 3. The summed E-state index contributed by atoms with van der Waals surface area (Å²) in [4.78, 5) is 11.9. The second kappa shape index (κ2) is 10.7. The maximum absolute atomic E-state index is 8.01. The molecule has 0 unspecified atom stereocenters. The van der Waals surface area contributed by atoms with Gasteiger partial charge in [0.2, 0.25) is 5.90 Å². The summed E-state index contributed by atoms with van der Waals surface area (Å²) in [5, 5.41) is 0. The van der Waals surface area contributed by atoms with Crippen LogP contribution in [-0.2, 0) is 21.0 Å². The predicted molar refractivity (Wildman–Crippen MR) is 191 cm³/mol. The highest BCUT2D eigenvalue weighted by Gasteiger charge is 2.39. The van der Waals surface area contributed by atoms with Crippen molar-refractivity contribution in [2.45, 2.75) is 105 Å². The minimum atomic E-state index is -2.28. The molecule has 3 aromatic carbocycles. The molecule has 0 saturated heterocycles. The van der Waals surface area contributed by atoms with Crippen LogP contribution >= 0.6 is 0 Å². The first-order valence-corrected chi connectivity index (χ1v) is 16.2. The molecule has 0 saturated carbocycles. The molecule has 0 aliphatic carbocycles. The molecule has 46 heavy (non-hydrogen) atoms. The van der Waals surface area contributed by atoms with E-state index in [2.05, 4.69) is 116 Å². The van der Waals surface area contributed by atoms with E-state index in [0.29, 0.717) is 23.0 Å². The fourth-order valence-corrected chi connectivity index (χ4v) is 6.33. The zero-order chi connectivity index (χ0) is 35.9. The molecule has 1 aromatic heterocycles. The summed E-state index contributed by atoms with van der Waals surface area (Å²) in [5.41, 5.74) is 7.92. The van der Waals surface area contributed by atoms with Crippen LogP contribution in [0.3, 0.4) is 0 Å². The van der Waals surface area contributed by atoms with Gasteiger partial charge < -0.3 is 9.47 Å². The Kier molecular flexibility index (Phi) is 6.56. The van der Waals surface area contributed by atoms with Crippen molar-refractivity contribution in [3.05, 3.63) is 106 Å². The van der Waals surface area contributed by atoms with Crippen molar-refractivity contribution in [2.75, 3.05) is 11.5 Å². The molecular formula is C41H49N3O2. The number of ether oxygens (including phenoxy) is 2. The number of hydrogen-bond acceptors (Lipinski definition) is 5. The van der Waals surface area contributed by atoms with Crippen molar-refractivity contribution in [2.24, 2.45) is 4.99 Å². The number of anilines is 3. The molecule has 0 fully saturated rings. The van der Waals surface area contributed by atoms with Gasteiger partial charge in [-0.25, -0.2) is 9.98 Å². The second-order valence-electron chi connectivity index (χ2n) is 15.9. The SMILES string of the molecule is [2H]C([2H])([2H])[C@]1(C)COC(c2cc(Oc3cc(C)cc(N4c5ccc(C(C)(C)C)cc5C(C)(C)c5cc(C)cnc54)c3)cc(C(C)(C)C)c2)=N1. The van der Waals surface area contributed by atoms with Gasteiger partial charge in [0.25, 0.3) is 0 Å². The number of aliphatic imine (C=N–C) groups is 1. The number of aryl methyl sites for hydroxylation is 2. The third kappa shape index (κ3) is 5.92. The van der Waals surface area contributed by atoms with E-state index in [0.717, 1.165) is 33.9 Å². The van der Waals surface area contributed by atoms with Gasteiger partial charge in [-0.2, -0.15) is 0 Å². The van der Waals surface area contributed by atoms with Gasteiger partial charge in [-0.3, -0.25) is 4.90 Å². The first kappa shape index (κ1) is 28.1. The number of hydrogen-bond donors (Lipinski definition) is 0. The van der Waals surface area contributed by atoms with E-state index in [1.54, 1.807) is 6.92 Å². The van der Waals surface area contributed by atoms with Gasteiger partial charge in [0.05, 0.1) is 16.9 Å². The Bertz CT molecular complexity index is 1980. The highest BCUT2D eigenvalue weighted by Crippen LogP contribution is 2.52. The van der Waals surface area contributed by atoms with Crippen molar-refractivity contribution in [3.8, 4) is 11.5 Å². The monoisotopic (exact) mass is 618 g/mol. The largest absolute Gasteiger partial charge is 0.475 e. The molecule has 0 spiro atoms. The first-order chi connectivity index (χ1) is 22.6. The fraction of sp³-hybridized carbons (Fsp3) is 0.415. The van der Waals surface area contributed by atoms with E-state index >= 15 is 0 Å². The van der Waals surface area contributed by atoms with Crippen molar-refractivity contribution in [3.63, 3.8) is 0 Å². The molecule has 0 amide bonds. The van der Waals surface area contributed by atoms with E-state index in [1.165, 1.54) is 16.7 Å². The van der Waals surface area contributed by atoms with Crippen LogP contribution in [0.25, 0.3) is 0 Å². The lowest BCUT2D eigenvalue weighted by atomic mass is 9.72. The third-order valence-electron chi connectivity index (χ3n) is 9.05. The van der Waals surface area contributed by atoms with E-state index in [1.807, 2.05) is 30.5 Å². The van der Waals surface area contributed by atoms with Crippen LogP contribution in [0.2, 0.25) is 0 Å². The van der Waals surface area contributed by atoms with E-state index in [4.69, 9.17) is 18.6 Å². The van der Waals surface area contributed by atoms with Crippen molar-refractivity contribution < 1.29 is 13.6 Å². The molecule has 0 N–H and O–H groups in total. The maximum Gasteiger partial charge on any atom is 0.216 e. The topological polar surface area (TPSA) is 47.0 Å². The lowest BCUT2D eigenvalue weighted by Gasteiger charge is -2.42. The smallest absolute Gasteiger partial charge is 0.216 e. The van der Waals surface area contributed by atoms with Crippen molar-refractivity contribution >= 4 is 23.1 Å². The average molecular weight is 619 g/mol. The zero-order valence-corrected chi connectivity index (χ0v) is 29.2. The van der Waals surface area contributed by atoms with E-state index < -0.39 is 12.4 Å². The summed E-state index contributed by atoms with van der Waals surface area (Å²) in [7, 11) is 0. The molecule has 240 valence electrons. The quantitative estimate of drug-likeness (QED) is 0.228. The van der Waals surface area contributed by atoms with Crippen molar-refractivity contribution in [1.82, 2.24) is 4.98 Å². The second-order valence-corrected chi connectivity index (χ2v) is 15.9. The molecule has 5 heteroatoms. The summed E-state index contributed by atoms with van der Waals surface area (Å²) >= 11 is 0. The summed E-state index contributed by atoms with van der Waals surface area (Å²) in [5.74, 6) is 2.53. The molecule has 2 aliphatic heterocycles. The molecule has 6 rings (SSSR count). The Morgan fingerprint density at radius 1 is 0.804 bits per heavy atom. The Hall–Kier alpha value is -4.12. The van der Waals surface area contributed by atoms with Gasteiger partial charge >= 0.3 is 0 Å². The Morgan fingerprint density at radius 2 is 1.52 bits per heavy atom. The van der Waals surface area contributed by atoms with E-state index in [-0.39, 0.29) is 22.9 Å².